The standard InChI is InChI=1S/C22H17F2NO3/c1-2-13-6-5-7-14(10-13)15-11-18(23)20(19(24)12-15)25-21(26)16-8-3-4-9-17(16)22(27)28/h3-12H,2H2,1H3,(H,25,26)(H,27,28). The lowest BCUT2D eigenvalue weighted by molar-refractivity contribution is 0.0692. The fourth-order valence-corrected chi connectivity index (χ4v) is 2.88. The minimum Gasteiger partial charge on any atom is -0.478 e. The van der Waals surface area contributed by atoms with Gasteiger partial charge >= 0.3 is 5.97 Å². The van der Waals surface area contributed by atoms with Gasteiger partial charge in [-0.05, 0) is 47.4 Å². The van der Waals surface area contributed by atoms with Gasteiger partial charge in [-0.25, -0.2) is 13.6 Å². The number of carboxylic acid groups (broad SMARTS) is 1. The number of aromatic carboxylic acids is 1. The summed E-state index contributed by atoms with van der Waals surface area (Å²) >= 11 is 0. The summed E-state index contributed by atoms with van der Waals surface area (Å²) in [7, 11) is 0. The van der Waals surface area contributed by atoms with E-state index in [1.165, 1.54) is 24.3 Å². The number of hydrogen-bond acceptors (Lipinski definition) is 2. The summed E-state index contributed by atoms with van der Waals surface area (Å²) in [5, 5.41) is 11.3. The van der Waals surface area contributed by atoms with E-state index >= 15 is 0 Å². The molecule has 0 aliphatic carbocycles. The zero-order valence-electron chi connectivity index (χ0n) is 15.0. The van der Waals surface area contributed by atoms with Crippen molar-refractivity contribution in [3.8, 4) is 11.1 Å². The Morgan fingerprint density at radius 1 is 0.893 bits per heavy atom. The minimum atomic E-state index is -1.31. The Balaban J connectivity index is 1.94. The molecule has 6 heteroatoms. The highest BCUT2D eigenvalue weighted by Gasteiger charge is 2.20. The molecule has 1 amide bonds. The number of nitrogens with one attached hydrogen (secondary N) is 1. The first-order valence-corrected chi connectivity index (χ1v) is 8.62. The molecule has 4 nitrogen and oxygen atoms in total. The molecule has 3 rings (SSSR count). The van der Waals surface area contributed by atoms with Crippen LogP contribution in [-0.4, -0.2) is 17.0 Å². The van der Waals surface area contributed by atoms with Crippen molar-refractivity contribution in [1.29, 1.82) is 0 Å². The Morgan fingerprint density at radius 3 is 2.14 bits per heavy atom. The maximum Gasteiger partial charge on any atom is 0.336 e. The van der Waals surface area contributed by atoms with Crippen molar-refractivity contribution in [2.45, 2.75) is 13.3 Å². The number of amides is 1. The maximum absolute atomic E-state index is 14.5. The molecule has 0 bridgehead atoms. The predicted octanol–water partition coefficient (Wildman–Crippen LogP) is 5.14. The van der Waals surface area contributed by atoms with Crippen LogP contribution in [0.25, 0.3) is 11.1 Å². The molecule has 2 N–H and O–H groups in total. The number of carbonyl (C=O) groups excluding carboxylic acids is 1. The van der Waals surface area contributed by atoms with Gasteiger partial charge < -0.3 is 10.4 Å². The van der Waals surface area contributed by atoms with E-state index in [1.54, 1.807) is 6.07 Å². The fourth-order valence-electron chi connectivity index (χ4n) is 2.88. The van der Waals surface area contributed by atoms with Crippen molar-refractivity contribution in [1.82, 2.24) is 0 Å². The average molecular weight is 381 g/mol. The van der Waals surface area contributed by atoms with E-state index in [1.807, 2.05) is 25.1 Å². The van der Waals surface area contributed by atoms with Crippen LogP contribution >= 0.6 is 0 Å². The number of hydrogen-bond donors (Lipinski definition) is 2. The van der Waals surface area contributed by atoms with E-state index in [9.17, 15) is 18.4 Å². The van der Waals surface area contributed by atoms with Crippen LogP contribution in [0.15, 0.2) is 60.7 Å². The lowest BCUT2D eigenvalue weighted by Crippen LogP contribution is -2.18. The lowest BCUT2D eigenvalue weighted by atomic mass is 10.0. The van der Waals surface area contributed by atoms with Gasteiger partial charge in [0.1, 0.15) is 17.3 Å². The summed E-state index contributed by atoms with van der Waals surface area (Å²) in [6, 6.07) is 15.0. The molecule has 0 atom stereocenters. The fraction of sp³-hybridized carbons (Fsp3) is 0.0909. The van der Waals surface area contributed by atoms with Gasteiger partial charge in [0.05, 0.1) is 11.1 Å². The van der Waals surface area contributed by atoms with Crippen LogP contribution in [0.1, 0.15) is 33.2 Å². The molecular formula is C22H17F2NO3. The van der Waals surface area contributed by atoms with Gasteiger partial charge in [-0.3, -0.25) is 4.79 Å². The summed E-state index contributed by atoms with van der Waals surface area (Å²) in [6.45, 7) is 1.98. The molecule has 0 unspecified atom stereocenters. The third-order valence-electron chi connectivity index (χ3n) is 4.35. The minimum absolute atomic E-state index is 0.187. The Hall–Kier alpha value is -3.54. The Kier molecular flexibility index (Phi) is 5.49. The van der Waals surface area contributed by atoms with E-state index in [-0.39, 0.29) is 11.1 Å². The van der Waals surface area contributed by atoms with E-state index in [0.29, 0.717) is 11.1 Å². The molecule has 28 heavy (non-hydrogen) atoms. The molecule has 0 saturated heterocycles. The van der Waals surface area contributed by atoms with Gasteiger partial charge in [-0.15, -0.1) is 0 Å². The monoisotopic (exact) mass is 381 g/mol. The zero-order chi connectivity index (χ0) is 20.3. The third kappa shape index (κ3) is 3.91. The number of carbonyl (C=O) groups is 2. The Bertz CT molecular complexity index is 1040. The molecular weight excluding hydrogens is 364 g/mol. The SMILES string of the molecule is CCc1cccc(-c2cc(F)c(NC(=O)c3ccccc3C(=O)O)c(F)c2)c1. The van der Waals surface area contributed by atoms with Gasteiger partial charge in [0.2, 0.25) is 0 Å². The second-order valence-corrected chi connectivity index (χ2v) is 6.17. The lowest BCUT2D eigenvalue weighted by Gasteiger charge is -2.12. The average Bonchev–Trinajstić information content (AvgIpc) is 2.70. The first-order chi connectivity index (χ1) is 13.4. The van der Waals surface area contributed by atoms with Gasteiger partial charge in [0.25, 0.3) is 5.91 Å². The van der Waals surface area contributed by atoms with Crippen LogP contribution < -0.4 is 5.32 Å². The van der Waals surface area contributed by atoms with Gasteiger partial charge in [-0.2, -0.15) is 0 Å². The van der Waals surface area contributed by atoms with Crippen LogP contribution in [-0.2, 0) is 6.42 Å². The predicted molar refractivity (Wildman–Crippen MR) is 103 cm³/mol. The first kappa shape index (κ1) is 19.2. The third-order valence-corrected chi connectivity index (χ3v) is 4.35. The van der Waals surface area contributed by atoms with E-state index in [4.69, 9.17) is 5.11 Å². The smallest absolute Gasteiger partial charge is 0.336 e. The summed E-state index contributed by atoms with van der Waals surface area (Å²) in [4.78, 5) is 23.6. The van der Waals surface area contributed by atoms with Crippen LogP contribution in [0.3, 0.4) is 0 Å². The number of anilines is 1. The van der Waals surface area contributed by atoms with Crippen molar-refractivity contribution in [3.05, 3.63) is 89.0 Å². The molecule has 0 aliphatic rings. The summed E-state index contributed by atoms with van der Waals surface area (Å²) in [6.07, 6.45) is 0.788. The van der Waals surface area contributed by atoms with Crippen molar-refractivity contribution < 1.29 is 23.5 Å². The van der Waals surface area contributed by atoms with Crippen molar-refractivity contribution in [2.75, 3.05) is 5.32 Å². The molecule has 3 aromatic carbocycles. The first-order valence-electron chi connectivity index (χ1n) is 8.62. The second-order valence-electron chi connectivity index (χ2n) is 6.17. The largest absolute Gasteiger partial charge is 0.478 e. The quantitative estimate of drug-likeness (QED) is 0.643. The number of rotatable bonds is 5. The maximum atomic E-state index is 14.5. The van der Waals surface area contributed by atoms with E-state index in [0.717, 1.165) is 24.1 Å². The second kappa shape index (κ2) is 8.00. The molecule has 0 spiro atoms. The van der Waals surface area contributed by atoms with E-state index < -0.39 is 29.2 Å². The molecule has 0 fully saturated rings. The van der Waals surface area contributed by atoms with Gasteiger partial charge in [-0.1, -0.05) is 43.3 Å². The zero-order valence-corrected chi connectivity index (χ0v) is 15.0. The highest BCUT2D eigenvalue weighted by molar-refractivity contribution is 6.10. The summed E-state index contributed by atoms with van der Waals surface area (Å²) < 4.78 is 29.1. The molecule has 0 heterocycles. The van der Waals surface area contributed by atoms with Crippen molar-refractivity contribution >= 4 is 17.6 Å². The highest BCUT2D eigenvalue weighted by Crippen LogP contribution is 2.28. The summed E-state index contributed by atoms with van der Waals surface area (Å²) in [5.74, 6) is -4.11. The number of carboxylic acids is 1. The Labute approximate surface area is 160 Å². The molecule has 0 aromatic heterocycles. The van der Waals surface area contributed by atoms with Crippen molar-refractivity contribution in [2.24, 2.45) is 0 Å². The molecule has 0 saturated carbocycles. The number of benzene rings is 3. The number of halogens is 2. The van der Waals surface area contributed by atoms with Crippen LogP contribution in [0.5, 0.6) is 0 Å². The molecule has 0 radical (unpaired) electrons. The topological polar surface area (TPSA) is 66.4 Å². The van der Waals surface area contributed by atoms with Crippen LogP contribution in [0.4, 0.5) is 14.5 Å². The van der Waals surface area contributed by atoms with Crippen LogP contribution in [0, 0.1) is 11.6 Å². The van der Waals surface area contributed by atoms with Crippen molar-refractivity contribution in [3.63, 3.8) is 0 Å². The van der Waals surface area contributed by atoms with Gasteiger partial charge in [0, 0.05) is 0 Å². The van der Waals surface area contributed by atoms with Gasteiger partial charge in [0.15, 0.2) is 0 Å². The molecule has 142 valence electrons. The molecule has 0 aliphatic heterocycles. The molecule has 3 aromatic rings. The van der Waals surface area contributed by atoms with Crippen LogP contribution in [0.2, 0.25) is 0 Å². The summed E-state index contributed by atoms with van der Waals surface area (Å²) in [5.41, 5.74) is 0.962. The Morgan fingerprint density at radius 2 is 1.54 bits per heavy atom. The normalized spacial score (nSPS) is 10.5. The number of aryl methyl sites for hydroxylation is 1. The van der Waals surface area contributed by atoms with E-state index in [2.05, 4.69) is 5.32 Å². The highest BCUT2D eigenvalue weighted by atomic mass is 19.1.